The van der Waals surface area contributed by atoms with Crippen LogP contribution >= 0.6 is 11.6 Å². The molecule has 1 aliphatic rings. The summed E-state index contributed by atoms with van der Waals surface area (Å²) in [5.74, 6) is -4.81. The molecule has 1 aromatic carbocycles. The fourth-order valence-electron chi connectivity index (χ4n) is 3.49. The lowest BCUT2D eigenvalue weighted by Gasteiger charge is -2.44. The van der Waals surface area contributed by atoms with E-state index in [0.717, 1.165) is 5.56 Å². The van der Waals surface area contributed by atoms with Crippen LogP contribution in [-0.4, -0.2) is 58.5 Å². The van der Waals surface area contributed by atoms with E-state index in [1.807, 2.05) is 6.07 Å². The van der Waals surface area contributed by atoms with E-state index in [2.05, 4.69) is 5.32 Å². The lowest BCUT2D eigenvalue weighted by atomic mass is 9.76. The molecular formula is C20H24ClNO9. The molecule has 0 saturated carbocycles. The number of amides is 1. The van der Waals surface area contributed by atoms with Crippen LogP contribution in [0, 0.1) is 11.8 Å². The SMILES string of the molecule is CC(=O)OC[C@@H]1OC(Cl)C(NC(=O)OCc2ccccc2)C(CC(=O)O)C1CC(=O)O. The van der Waals surface area contributed by atoms with Crippen molar-refractivity contribution in [3.05, 3.63) is 35.9 Å². The number of esters is 1. The summed E-state index contributed by atoms with van der Waals surface area (Å²) in [6.45, 7) is 0.858. The predicted octanol–water partition coefficient (Wildman–Crippen LogP) is 1.99. The highest BCUT2D eigenvalue weighted by molar-refractivity contribution is 6.20. The van der Waals surface area contributed by atoms with Gasteiger partial charge in [-0.05, 0) is 11.5 Å². The molecule has 0 aliphatic carbocycles. The molecule has 1 amide bonds. The third-order valence-corrected chi connectivity index (χ3v) is 5.22. The predicted molar refractivity (Wildman–Crippen MR) is 106 cm³/mol. The monoisotopic (exact) mass is 457 g/mol. The van der Waals surface area contributed by atoms with Crippen LogP contribution in [0.5, 0.6) is 0 Å². The molecule has 0 radical (unpaired) electrons. The zero-order valence-electron chi connectivity index (χ0n) is 16.7. The number of nitrogens with one attached hydrogen (secondary N) is 1. The Kier molecular flexibility index (Phi) is 9.07. The maximum absolute atomic E-state index is 12.3. The molecule has 2 rings (SSSR count). The maximum Gasteiger partial charge on any atom is 0.407 e. The summed E-state index contributed by atoms with van der Waals surface area (Å²) < 4.78 is 15.7. The number of hydrogen-bond acceptors (Lipinski definition) is 7. The van der Waals surface area contributed by atoms with Crippen LogP contribution in [0.1, 0.15) is 25.3 Å². The smallest absolute Gasteiger partial charge is 0.407 e. The molecule has 1 aromatic rings. The van der Waals surface area contributed by atoms with Crippen LogP contribution in [0.3, 0.4) is 0 Å². The maximum atomic E-state index is 12.3. The quantitative estimate of drug-likeness (QED) is 0.373. The van der Waals surface area contributed by atoms with Gasteiger partial charge >= 0.3 is 24.0 Å². The van der Waals surface area contributed by atoms with Gasteiger partial charge in [0.25, 0.3) is 0 Å². The Morgan fingerprint density at radius 3 is 2.23 bits per heavy atom. The molecule has 31 heavy (non-hydrogen) atoms. The molecule has 0 bridgehead atoms. The summed E-state index contributed by atoms with van der Waals surface area (Å²) in [6, 6.07) is 7.85. The van der Waals surface area contributed by atoms with Crippen molar-refractivity contribution in [3.8, 4) is 0 Å². The third kappa shape index (κ3) is 7.72. The first-order chi connectivity index (χ1) is 14.7. The molecule has 11 heteroatoms. The van der Waals surface area contributed by atoms with Crippen molar-refractivity contribution in [2.75, 3.05) is 6.61 Å². The molecule has 1 heterocycles. The lowest BCUT2D eigenvalue weighted by Crippen LogP contribution is -2.58. The van der Waals surface area contributed by atoms with Gasteiger partial charge < -0.3 is 29.7 Å². The molecule has 170 valence electrons. The van der Waals surface area contributed by atoms with Crippen LogP contribution in [0.2, 0.25) is 0 Å². The van der Waals surface area contributed by atoms with Gasteiger partial charge in [0, 0.05) is 12.8 Å². The van der Waals surface area contributed by atoms with E-state index >= 15 is 0 Å². The number of benzene rings is 1. The fourth-order valence-corrected chi connectivity index (χ4v) is 3.87. The van der Waals surface area contributed by atoms with Gasteiger partial charge in [-0.15, -0.1) is 0 Å². The Morgan fingerprint density at radius 1 is 1.03 bits per heavy atom. The molecule has 1 aliphatic heterocycles. The molecule has 1 saturated heterocycles. The van der Waals surface area contributed by atoms with Crippen LogP contribution in [-0.2, 0) is 35.2 Å². The number of hydrogen-bond donors (Lipinski definition) is 3. The largest absolute Gasteiger partial charge is 0.481 e. The van der Waals surface area contributed by atoms with Crippen molar-refractivity contribution >= 4 is 35.6 Å². The molecule has 4 unspecified atom stereocenters. The Hall–Kier alpha value is -2.85. The van der Waals surface area contributed by atoms with Crippen LogP contribution < -0.4 is 5.32 Å². The fraction of sp³-hybridized carbons (Fsp3) is 0.500. The minimum absolute atomic E-state index is 0.0234. The molecule has 0 spiro atoms. The highest BCUT2D eigenvalue weighted by Gasteiger charge is 2.47. The second-order valence-corrected chi connectivity index (χ2v) is 7.51. The highest BCUT2D eigenvalue weighted by atomic mass is 35.5. The van der Waals surface area contributed by atoms with Gasteiger partial charge in [0.2, 0.25) is 0 Å². The summed E-state index contributed by atoms with van der Waals surface area (Å²) in [4.78, 5) is 46.3. The van der Waals surface area contributed by atoms with E-state index < -0.39 is 66.4 Å². The number of carbonyl (C=O) groups is 4. The number of carbonyl (C=O) groups excluding carboxylic acids is 2. The van der Waals surface area contributed by atoms with Crippen LogP contribution in [0.4, 0.5) is 4.79 Å². The average Bonchev–Trinajstić information content (AvgIpc) is 2.70. The van der Waals surface area contributed by atoms with E-state index in [1.54, 1.807) is 24.3 Å². The van der Waals surface area contributed by atoms with Crippen molar-refractivity contribution < 1.29 is 43.6 Å². The second-order valence-electron chi connectivity index (χ2n) is 7.08. The number of rotatable bonds is 9. The number of halogens is 1. The Morgan fingerprint density at radius 2 is 1.65 bits per heavy atom. The van der Waals surface area contributed by atoms with Gasteiger partial charge in [-0.3, -0.25) is 14.4 Å². The zero-order chi connectivity index (χ0) is 23.0. The van der Waals surface area contributed by atoms with Gasteiger partial charge in [0.05, 0.1) is 25.0 Å². The molecule has 1 fully saturated rings. The number of carboxylic acids is 2. The minimum Gasteiger partial charge on any atom is -0.481 e. The van der Waals surface area contributed by atoms with Crippen molar-refractivity contribution in [2.45, 2.75) is 44.1 Å². The van der Waals surface area contributed by atoms with E-state index in [4.69, 9.17) is 25.8 Å². The normalized spacial score (nSPS) is 25.3. The van der Waals surface area contributed by atoms with E-state index in [9.17, 15) is 29.4 Å². The van der Waals surface area contributed by atoms with Crippen molar-refractivity contribution in [2.24, 2.45) is 11.8 Å². The molecular weight excluding hydrogens is 434 g/mol. The zero-order valence-corrected chi connectivity index (χ0v) is 17.5. The van der Waals surface area contributed by atoms with Crippen molar-refractivity contribution in [3.63, 3.8) is 0 Å². The van der Waals surface area contributed by atoms with Gasteiger partial charge in [-0.25, -0.2) is 4.79 Å². The first-order valence-electron chi connectivity index (χ1n) is 9.51. The molecule has 3 N–H and O–H groups in total. The second kappa shape index (κ2) is 11.5. The summed E-state index contributed by atoms with van der Waals surface area (Å²) in [7, 11) is 0. The first kappa shape index (κ1) is 24.4. The Labute approximate surface area is 183 Å². The Balaban J connectivity index is 2.16. The molecule has 0 aromatic heterocycles. The van der Waals surface area contributed by atoms with Gasteiger partial charge in [-0.2, -0.15) is 0 Å². The van der Waals surface area contributed by atoms with Crippen LogP contribution in [0.15, 0.2) is 30.3 Å². The van der Waals surface area contributed by atoms with E-state index in [1.165, 1.54) is 6.92 Å². The third-order valence-electron chi connectivity index (χ3n) is 4.84. The van der Waals surface area contributed by atoms with Crippen LogP contribution in [0.25, 0.3) is 0 Å². The molecule has 10 nitrogen and oxygen atoms in total. The lowest BCUT2D eigenvalue weighted by molar-refractivity contribution is -0.165. The first-order valence-corrected chi connectivity index (χ1v) is 9.94. The summed E-state index contributed by atoms with van der Waals surface area (Å²) in [6.07, 6.45) is -2.76. The van der Waals surface area contributed by atoms with Gasteiger partial charge in [-0.1, -0.05) is 41.9 Å². The number of alkyl halides is 1. The van der Waals surface area contributed by atoms with Gasteiger partial charge in [0.1, 0.15) is 13.2 Å². The van der Waals surface area contributed by atoms with Gasteiger partial charge in [0.15, 0.2) is 5.56 Å². The number of aliphatic carboxylic acids is 2. The van der Waals surface area contributed by atoms with E-state index in [0.29, 0.717) is 0 Å². The van der Waals surface area contributed by atoms with E-state index in [-0.39, 0.29) is 13.2 Å². The van der Waals surface area contributed by atoms with Crippen molar-refractivity contribution in [1.82, 2.24) is 5.32 Å². The molecule has 5 atom stereocenters. The highest BCUT2D eigenvalue weighted by Crippen LogP contribution is 2.37. The summed E-state index contributed by atoms with van der Waals surface area (Å²) in [5.41, 5.74) is -0.452. The minimum atomic E-state index is -1.21. The number of alkyl carbamates (subject to hydrolysis) is 1. The summed E-state index contributed by atoms with van der Waals surface area (Å²) >= 11 is 6.26. The average molecular weight is 458 g/mol. The Bertz CT molecular complexity index is 788. The summed E-state index contributed by atoms with van der Waals surface area (Å²) in [5, 5.41) is 21.2. The number of ether oxygens (including phenoxy) is 3. The topological polar surface area (TPSA) is 148 Å². The standard InChI is InChI=1S/C20H24ClNO9/c1-11(23)29-10-15-13(7-16(24)25)14(8-17(26)27)18(19(21)31-15)22-20(28)30-9-12-5-3-2-4-6-12/h2-6,13-15,18-19H,7-10H2,1H3,(H,22,28)(H,24,25)(H,26,27)/t13?,14?,15-,18?,19?/m0/s1. The number of carboxylic acid groups (broad SMARTS) is 2. The van der Waals surface area contributed by atoms with Crippen molar-refractivity contribution in [1.29, 1.82) is 0 Å².